The van der Waals surface area contributed by atoms with Crippen LogP contribution in [0.2, 0.25) is 19.6 Å². The van der Waals surface area contributed by atoms with Gasteiger partial charge in [-0.3, -0.25) is 10.2 Å². The first kappa shape index (κ1) is 12.6. The lowest BCUT2D eigenvalue weighted by molar-refractivity contribution is -0.120. The van der Waals surface area contributed by atoms with E-state index in [0.717, 1.165) is 10.3 Å². The Labute approximate surface area is 80.2 Å². The number of amides is 1. The van der Waals surface area contributed by atoms with Crippen LogP contribution in [0.4, 0.5) is 0 Å². The summed E-state index contributed by atoms with van der Waals surface area (Å²) in [6, 6.07) is 0. The Morgan fingerprint density at radius 2 is 1.69 bits per heavy atom. The van der Waals surface area contributed by atoms with Crippen molar-refractivity contribution in [1.82, 2.24) is 9.51 Å². The lowest BCUT2D eigenvalue weighted by Gasteiger charge is -2.31. The molecule has 0 aliphatic carbocycles. The molecule has 0 atom stereocenters. The number of hydrogen-bond donors (Lipinski definition) is 1. The molecule has 0 aromatic rings. The van der Waals surface area contributed by atoms with Gasteiger partial charge in [-0.25, -0.2) is 8.42 Å². The van der Waals surface area contributed by atoms with E-state index >= 15 is 0 Å². The minimum Gasteiger partial charge on any atom is -0.282 e. The minimum atomic E-state index is -3.35. The van der Waals surface area contributed by atoms with Gasteiger partial charge in [0.1, 0.15) is 0 Å². The van der Waals surface area contributed by atoms with Gasteiger partial charge in [0.25, 0.3) is 0 Å². The van der Waals surface area contributed by atoms with Gasteiger partial charge in [-0.1, -0.05) is 19.6 Å². The maximum atomic E-state index is 11.3. The Morgan fingerprint density at radius 1 is 1.31 bits per heavy atom. The van der Waals surface area contributed by atoms with Crippen LogP contribution < -0.4 is 5.43 Å². The summed E-state index contributed by atoms with van der Waals surface area (Å²) >= 11 is 0. The second-order valence-corrected chi connectivity index (χ2v) is 10.8. The molecule has 0 rings (SSSR count). The SMILES string of the molecule is CC(=O)NN([Si](C)(C)C)S(C)(=O)=O. The van der Waals surface area contributed by atoms with E-state index in [1.54, 1.807) is 0 Å². The molecule has 0 aliphatic rings. The number of nitrogens with one attached hydrogen (secondary N) is 1. The van der Waals surface area contributed by atoms with Gasteiger partial charge in [0.2, 0.25) is 15.9 Å². The third-order valence-electron chi connectivity index (χ3n) is 1.20. The van der Waals surface area contributed by atoms with E-state index in [4.69, 9.17) is 0 Å². The van der Waals surface area contributed by atoms with Crippen LogP contribution in [0.1, 0.15) is 6.92 Å². The second kappa shape index (κ2) is 3.77. The molecule has 0 saturated heterocycles. The van der Waals surface area contributed by atoms with Gasteiger partial charge in [0.15, 0.2) is 8.24 Å². The lowest BCUT2D eigenvalue weighted by atomic mass is 10.8. The molecule has 0 aromatic heterocycles. The van der Waals surface area contributed by atoms with Crippen molar-refractivity contribution in [2.24, 2.45) is 0 Å². The smallest absolute Gasteiger partial charge is 0.231 e. The molecule has 0 saturated carbocycles. The van der Waals surface area contributed by atoms with Crippen LogP contribution in [0.3, 0.4) is 0 Å². The molecule has 0 unspecified atom stereocenters. The molecule has 0 aliphatic heterocycles. The standard InChI is InChI=1S/C6H16N2O3SSi/c1-6(9)7-8(12(2,10)11)13(3,4)5/h1-5H3,(H,7,9). The molecular formula is C6H16N2O3SSi. The van der Waals surface area contributed by atoms with Crippen LogP contribution in [0.25, 0.3) is 0 Å². The first-order valence-corrected chi connectivity index (χ1v) is 9.12. The van der Waals surface area contributed by atoms with E-state index in [2.05, 4.69) is 5.43 Å². The van der Waals surface area contributed by atoms with Crippen molar-refractivity contribution < 1.29 is 13.2 Å². The van der Waals surface area contributed by atoms with Crippen molar-refractivity contribution in [3.8, 4) is 0 Å². The van der Waals surface area contributed by atoms with Crippen molar-refractivity contribution in [2.45, 2.75) is 26.6 Å². The fourth-order valence-electron chi connectivity index (χ4n) is 0.891. The summed E-state index contributed by atoms with van der Waals surface area (Å²) in [6.45, 7) is 6.80. The van der Waals surface area contributed by atoms with Crippen LogP contribution in [-0.4, -0.2) is 32.9 Å². The van der Waals surface area contributed by atoms with Crippen molar-refractivity contribution in [3.63, 3.8) is 0 Å². The highest BCUT2D eigenvalue weighted by atomic mass is 32.2. The van der Waals surface area contributed by atoms with E-state index in [-0.39, 0.29) is 5.91 Å². The fourth-order valence-corrected chi connectivity index (χ4v) is 5.66. The summed E-state index contributed by atoms with van der Waals surface area (Å²) in [5.41, 5.74) is 2.33. The molecule has 0 spiro atoms. The molecule has 0 aromatic carbocycles. The summed E-state index contributed by atoms with van der Waals surface area (Å²) in [7, 11) is -5.43. The van der Waals surface area contributed by atoms with Gasteiger partial charge in [0, 0.05) is 6.92 Å². The largest absolute Gasteiger partial charge is 0.282 e. The number of carbonyl (C=O) groups excluding carboxylic acids is 1. The van der Waals surface area contributed by atoms with Gasteiger partial charge < -0.3 is 0 Å². The van der Waals surface area contributed by atoms with Crippen LogP contribution in [0.15, 0.2) is 0 Å². The van der Waals surface area contributed by atoms with Crippen molar-refractivity contribution >= 4 is 24.2 Å². The molecule has 7 heteroatoms. The number of nitrogens with zero attached hydrogens (tertiary/aromatic N) is 1. The molecule has 5 nitrogen and oxygen atoms in total. The van der Waals surface area contributed by atoms with Crippen LogP contribution in [0, 0.1) is 0 Å². The quantitative estimate of drug-likeness (QED) is 0.547. The second-order valence-electron chi connectivity index (χ2n) is 3.87. The lowest BCUT2D eigenvalue weighted by Crippen LogP contribution is -2.57. The highest BCUT2D eigenvalue weighted by Gasteiger charge is 2.32. The Balaban J connectivity index is 4.90. The highest BCUT2D eigenvalue weighted by Crippen LogP contribution is 2.10. The van der Waals surface area contributed by atoms with Crippen molar-refractivity contribution in [3.05, 3.63) is 0 Å². The van der Waals surface area contributed by atoms with E-state index < -0.39 is 18.3 Å². The normalized spacial score (nSPS) is 13.1. The summed E-state index contributed by atoms with van der Waals surface area (Å²) in [5, 5.41) is 0. The predicted octanol–water partition coefficient (Wildman–Crippen LogP) is 0.134. The zero-order chi connectivity index (χ0) is 10.9. The Kier molecular flexibility index (Phi) is 3.65. The molecule has 78 valence electrons. The van der Waals surface area contributed by atoms with Gasteiger partial charge in [-0.05, 0) is 0 Å². The molecule has 0 bridgehead atoms. The highest BCUT2D eigenvalue weighted by molar-refractivity contribution is 7.89. The molecule has 1 amide bonds. The van der Waals surface area contributed by atoms with Crippen molar-refractivity contribution in [2.75, 3.05) is 6.26 Å². The molecule has 1 N–H and O–H groups in total. The Bertz CT molecular complexity index is 293. The van der Waals surface area contributed by atoms with Gasteiger partial charge in [-0.15, -0.1) is 4.08 Å². The van der Waals surface area contributed by atoms with Gasteiger partial charge >= 0.3 is 0 Å². The van der Waals surface area contributed by atoms with Crippen LogP contribution in [0.5, 0.6) is 0 Å². The fraction of sp³-hybridized carbons (Fsp3) is 0.833. The zero-order valence-corrected chi connectivity index (χ0v) is 10.4. The van der Waals surface area contributed by atoms with Crippen LogP contribution in [-0.2, 0) is 14.8 Å². The minimum absolute atomic E-state index is 0.368. The van der Waals surface area contributed by atoms with Gasteiger partial charge in [-0.2, -0.15) is 0 Å². The van der Waals surface area contributed by atoms with E-state index in [0.29, 0.717) is 0 Å². The zero-order valence-electron chi connectivity index (χ0n) is 8.58. The van der Waals surface area contributed by atoms with Crippen molar-refractivity contribution in [1.29, 1.82) is 0 Å². The predicted molar refractivity (Wildman–Crippen MR) is 53.8 cm³/mol. The Hall–Kier alpha value is -0.403. The van der Waals surface area contributed by atoms with Crippen LogP contribution >= 0.6 is 0 Å². The van der Waals surface area contributed by atoms with E-state index in [9.17, 15) is 13.2 Å². The summed E-state index contributed by atoms with van der Waals surface area (Å²) in [6.07, 6.45) is 1.08. The number of rotatable bonds is 3. The average molecular weight is 224 g/mol. The topological polar surface area (TPSA) is 66.5 Å². The number of hydrogen-bond acceptors (Lipinski definition) is 3. The first-order chi connectivity index (χ1) is 5.55. The maximum Gasteiger partial charge on any atom is 0.231 e. The molecule has 13 heavy (non-hydrogen) atoms. The maximum absolute atomic E-state index is 11.3. The number of carbonyl (C=O) groups is 1. The van der Waals surface area contributed by atoms with Gasteiger partial charge in [0.05, 0.1) is 6.26 Å². The summed E-state index contributed by atoms with van der Waals surface area (Å²) in [4.78, 5) is 10.8. The molecule has 0 fully saturated rings. The number of hydrazine groups is 1. The number of sulfonamides is 1. The third-order valence-corrected chi connectivity index (χ3v) is 5.92. The average Bonchev–Trinajstić information content (AvgIpc) is 1.77. The Morgan fingerprint density at radius 3 is 1.77 bits per heavy atom. The monoisotopic (exact) mass is 224 g/mol. The van der Waals surface area contributed by atoms with E-state index in [1.807, 2.05) is 19.6 Å². The molecule has 0 heterocycles. The first-order valence-electron chi connectivity index (χ1n) is 3.83. The molecule has 0 radical (unpaired) electrons. The summed E-state index contributed by atoms with van der Waals surface area (Å²) < 4.78 is 23.6. The molecular weight excluding hydrogens is 208 g/mol. The summed E-state index contributed by atoms with van der Waals surface area (Å²) in [5.74, 6) is -0.368. The third kappa shape index (κ3) is 4.39. The van der Waals surface area contributed by atoms with E-state index in [1.165, 1.54) is 6.92 Å².